The molecule has 0 aromatic carbocycles. The number of hydrogen-bond acceptors (Lipinski definition) is 3. The number of carbonyl (C=O) groups is 1. The van der Waals surface area contributed by atoms with Crippen LogP contribution in [0.3, 0.4) is 0 Å². The number of carbonyl (C=O) groups excluding carboxylic acids is 1. The maximum absolute atomic E-state index is 11.3. The molecule has 0 amide bonds. The molecule has 0 aromatic heterocycles. The number of likely N-dealkylation sites (tertiary alicyclic amines) is 1. The Labute approximate surface area is 96.7 Å². The van der Waals surface area contributed by atoms with Crippen molar-refractivity contribution in [3.8, 4) is 0 Å². The standard InChI is InChI=1S/C11H21N3O2/c1-3-16-10(15)8-9-4-6-14(7-5-9)11(12)13-2/h9H,3-8H2,1-2H3,(H2,12,13). The molecule has 0 saturated carbocycles. The van der Waals surface area contributed by atoms with Crippen LogP contribution in [0, 0.1) is 5.92 Å². The van der Waals surface area contributed by atoms with Crippen molar-refractivity contribution >= 4 is 11.9 Å². The molecule has 2 N–H and O–H groups in total. The van der Waals surface area contributed by atoms with Crippen LogP contribution >= 0.6 is 0 Å². The van der Waals surface area contributed by atoms with E-state index in [-0.39, 0.29) is 5.97 Å². The number of esters is 1. The topological polar surface area (TPSA) is 67.9 Å². The SMILES string of the molecule is CCOC(=O)CC1CCN(C(N)=NC)CC1. The number of nitrogens with two attached hydrogens (primary N) is 1. The van der Waals surface area contributed by atoms with E-state index in [0.29, 0.717) is 24.9 Å². The molecule has 1 heterocycles. The van der Waals surface area contributed by atoms with E-state index in [1.54, 1.807) is 7.05 Å². The second-order valence-electron chi connectivity index (χ2n) is 4.02. The Kier molecular flexibility index (Phi) is 5.08. The molecule has 1 saturated heterocycles. The number of piperidine rings is 1. The van der Waals surface area contributed by atoms with E-state index >= 15 is 0 Å². The summed E-state index contributed by atoms with van der Waals surface area (Å²) in [6, 6.07) is 0. The fraction of sp³-hybridized carbons (Fsp3) is 0.818. The van der Waals surface area contributed by atoms with Gasteiger partial charge in [-0.25, -0.2) is 0 Å². The molecule has 0 unspecified atom stereocenters. The third-order valence-corrected chi connectivity index (χ3v) is 2.93. The summed E-state index contributed by atoms with van der Waals surface area (Å²) in [5, 5.41) is 0. The molecule has 16 heavy (non-hydrogen) atoms. The third kappa shape index (κ3) is 3.72. The highest BCUT2D eigenvalue weighted by Gasteiger charge is 2.22. The van der Waals surface area contributed by atoms with Gasteiger partial charge in [-0.15, -0.1) is 0 Å². The first-order valence-corrected chi connectivity index (χ1v) is 5.80. The van der Waals surface area contributed by atoms with Crippen molar-refractivity contribution in [2.24, 2.45) is 16.6 Å². The van der Waals surface area contributed by atoms with Gasteiger partial charge in [0.1, 0.15) is 0 Å². The van der Waals surface area contributed by atoms with E-state index in [2.05, 4.69) is 9.89 Å². The summed E-state index contributed by atoms with van der Waals surface area (Å²) < 4.78 is 4.94. The highest BCUT2D eigenvalue weighted by molar-refractivity contribution is 5.78. The predicted molar refractivity (Wildman–Crippen MR) is 63.1 cm³/mol. The molecule has 0 atom stereocenters. The van der Waals surface area contributed by atoms with Gasteiger partial charge in [0, 0.05) is 26.6 Å². The maximum atomic E-state index is 11.3. The Morgan fingerprint density at radius 3 is 2.62 bits per heavy atom. The van der Waals surface area contributed by atoms with Gasteiger partial charge in [0.25, 0.3) is 0 Å². The summed E-state index contributed by atoms with van der Waals surface area (Å²) in [7, 11) is 1.69. The number of aliphatic imine (C=N–C) groups is 1. The molecule has 1 aliphatic heterocycles. The average molecular weight is 227 g/mol. The lowest BCUT2D eigenvalue weighted by Gasteiger charge is -2.32. The minimum Gasteiger partial charge on any atom is -0.466 e. The zero-order valence-corrected chi connectivity index (χ0v) is 10.1. The molecular weight excluding hydrogens is 206 g/mol. The van der Waals surface area contributed by atoms with Gasteiger partial charge in [0.05, 0.1) is 6.61 Å². The summed E-state index contributed by atoms with van der Waals surface area (Å²) in [5.41, 5.74) is 5.73. The van der Waals surface area contributed by atoms with Gasteiger partial charge in [-0.05, 0) is 25.7 Å². The van der Waals surface area contributed by atoms with Crippen molar-refractivity contribution in [2.75, 3.05) is 26.7 Å². The van der Waals surface area contributed by atoms with Crippen LogP contribution in [0.15, 0.2) is 4.99 Å². The largest absolute Gasteiger partial charge is 0.466 e. The quantitative estimate of drug-likeness (QED) is 0.435. The van der Waals surface area contributed by atoms with Crippen LogP contribution in [-0.4, -0.2) is 43.6 Å². The molecule has 5 nitrogen and oxygen atoms in total. The van der Waals surface area contributed by atoms with Gasteiger partial charge in [0.2, 0.25) is 0 Å². The lowest BCUT2D eigenvalue weighted by molar-refractivity contribution is -0.144. The van der Waals surface area contributed by atoms with Gasteiger partial charge in [0.15, 0.2) is 5.96 Å². The number of hydrogen-bond donors (Lipinski definition) is 1. The number of guanidine groups is 1. The van der Waals surface area contributed by atoms with Crippen LogP contribution in [0.25, 0.3) is 0 Å². The smallest absolute Gasteiger partial charge is 0.306 e. The van der Waals surface area contributed by atoms with Gasteiger partial charge in [-0.3, -0.25) is 9.79 Å². The fourth-order valence-corrected chi connectivity index (χ4v) is 1.96. The molecule has 1 fully saturated rings. The Balaban J connectivity index is 2.29. The monoisotopic (exact) mass is 227 g/mol. The highest BCUT2D eigenvalue weighted by Crippen LogP contribution is 2.20. The summed E-state index contributed by atoms with van der Waals surface area (Å²) >= 11 is 0. The number of nitrogens with zero attached hydrogens (tertiary/aromatic N) is 2. The van der Waals surface area contributed by atoms with E-state index in [0.717, 1.165) is 25.9 Å². The van der Waals surface area contributed by atoms with Crippen LogP contribution in [0.4, 0.5) is 0 Å². The second kappa shape index (κ2) is 6.35. The first-order chi connectivity index (χ1) is 7.67. The predicted octanol–water partition coefficient (Wildman–Crippen LogP) is 0.596. The van der Waals surface area contributed by atoms with Crippen LogP contribution in [-0.2, 0) is 9.53 Å². The third-order valence-electron chi connectivity index (χ3n) is 2.93. The van der Waals surface area contributed by atoms with Gasteiger partial charge >= 0.3 is 5.97 Å². The zero-order chi connectivity index (χ0) is 12.0. The zero-order valence-electron chi connectivity index (χ0n) is 10.1. The molecule has 1 rings (SSSR count). The van der Waals surface area contributed by atoms with Crippen molar-refractivity contribution in [2.45, 2.75) is 26.2 Å². The Morgan fingerprint density at radius 1 is 1.50 bits per heavy atom. The normalized spacial score (nSPS) is 18.6. The molecule has 0 aliphatic carbocycles. The molecule has 0 spiro atoms. The number of rotatable bonds is 3. The van der Waals surface area contributed by atoms with Crippen LogP contribution < -0.4 is 5.73 Å². The molecule has 0 radical (unpaired) electrons. The second-order valence-corrected chi connectivity index (χ2v) is 4.02. The summed E-state index contributed by atoms with van der Waals surface area (Å²) in [5.74, 6) is 0.938. The Hall–Kier alpha value is -1.26. The highest BCUT2D eigenvalue weighted by atomic mass is 16.5. The van der Waals surface area contributed by atoms with Crippen molar-refractivity contribution < 1.29 is 9.53 Å². The van der Waals surface area contributed by atoms with Crippen molar-refractivity contribution in [1.29, 1.82) is 0 Å². The summed E-state index contributed by atoms with van der Waals surface area (Å²) in [6.07, 6.45) is 2.49. The maximum Gasteiger partial charge on any atom is 0.306 e. The minimum absolute atomic E-state index is 0.0851. The van der Waals surface area contributed by atoms with Crippen LogP contribution in [0.5, 0.6) is 0 Å². The lowest BCUT2D eigenvalue weighted by atomic mass is 9.94. The first-order valence-electron chi connectivity index (χ1n) is 5.80. The average Bonchev–Trinajstić information content (AvgIpc) is 2.29. The molecule has 5 heteroatoms. The summed E-state index contributed by atoms with van der Waals surface area (Å²) in [6.45, 7) is 4.06. The van der Waals surface area contributed by atoms with E-state index in [1.165, 1.54) is 0 Å². The van der Waals surface area contributed by atoms with Crippen molar-refractivity contribution in [3.63, 3.8) is 0 Å². The van der Waals surface area contributed by atoms with E-state index in [4.69, 9.17) is 10.5 Å². The molecule has 0 aromatic rings. The minimum atomic E-state index is -0.0851. The van der Waals surface area contributed by atoms with Crippen molar-refractivity contribution in [1.82, 2.24) is 4.90 Å². The van der Waals surface area contributed by atoms with Gasteiger partial charge in [-0.1, -0.05) is 0 Å². The summed E-state index contributed by atoms with van der Waals surface area (Å²) in [4.78, 5) is 17.3. The van der Waals surface area contributed by atoms with Crippen LogP contribution in [0.1, 0.15) is 26.2 Å². The molecule has 92 valence electrons. The van der Waals surface area contributed by atoms with E-state index < -0.39 is 0 Å². The fourth-order valence-electron chi connectivity index (χ4n) is 1.96. The Morgan fingerprint density at radius 2 is 2.12 bits per heavy atom. The van der Waals surface area contributed by atoms with Crippen molar-refractivity contribution in [3.05, 3.63) is 0 Å². The lowest BCUT2D eigenvalue weighted by Crippen LogP contribution is -2.43. The van der Waals surface area contributed by atoms with Gasteiger partial charge < -0.3 is 15.4 Å². The molecule has 0 bridgehead atoms. The van der Waals surface area contributed by atoms with E-state index in [9.17, 15) is 4.79 Å². The van der Waals surface area contributed by atoms with Crippen LogP contribution in [0.2, 0.25) is 0 Å². The number of ether oxygens (including phenoxy) is 1. The van der Waals surface area contributed by atoms with E-state index in [1.807, 2.05) is 6.92 Å². The molecular formula is C11H21N3O2. The first kappa shape index (κ1) is 12.8. The van der Waals surface area contributed by atoms with Gasteiger partial charge in [-0.2, -0.15) is 0 Å². The Bertz CT molecular complexity index is 258. The molecule has 1 aliphatic rings.